The van der Waals surface area contributed by atoms with Crippen LogP contribution in [0.15, 0.2) is 17.0 Å². The lowest BCUT2D eigenvalue weighted by Gasteiger charge is -2.23. The Labute approximate surface area is 116 Å². The fourth-order valence-electron chi connectivity index (χ4n) is 1.54. The van der Waals surface area contributed by atoms with Crippen LogP contribution in [0.4, 0.5) is 5.69 Å². The molecular formula is C14H24N2O2S. The zero-order valence-corrected chi connectivity index (χ0v) is 13.2. The van der Waals surface area contributed by atoms with E-state index in [1.165, 1.54) is 0 Å². The number of anilines is 1. The molecule has 0 bridgehead atoms. The molecule has 0 aliphatic heterocycles. The number of hydrogen-bond donors (Lipinski definition) is 2. The van der Waals surface area contributed by atoms with E-state index in [4.69, 9.17) is 5.73 Å². The molecular weight excluding hydrogens is 260 g/mol. The summed E-state index contributed by atoms with van der Waals surface area (Å²) in [4.78, 5) is 0.169. The van der Waals surface area contributed by atoms with Gasteiger partial charge in [0.05, 0.1) is 5.69 Å². The largest absolute Gasteiger partial charge is 0.398 e. The van der Waals surface area contributed by atoms with Gasteiger partial charge < -0.3 is 5.73 Å². The summed E-state index contributed by atoms with van der Waals surface area (Å²) in [5.74, 6) is 0. The summed E-state index contributed by atoms with van der Waals surface area (Å²) in [7, 11) is -3.55. The second-order valence-electron chi connectivity index (χ2n) is 5.82. The molecule has 0 atom stereocenters. The highest BCUT2D eigenvalue weighted by Crippen LogP contribution is 2.24. The lowest BCUT2D eigenvalue weighted by molar-refractivity contribution is 0.350. The summed E-state index contributed by atoms with van der Waals surface area (Å²) in [6.45, 7) is 10.3. The van der Waals surface area contributed by atoms with E-state index >= 15 is 0 Å². The van der Waals surface area contributed by atoms with Gasteiger partial charge >= 0.3 is 0 Å². The molecule has 0 saturated carbocycles. The van der Waals surface area contributed by atoms with Gasteiger partial charge in [-0.3, -0.25) is 0 Å². The second-order valence-corrected chi connectivity index (χ2v) is 7.55. The molecule has 1 aromatic carbocycles. The first-order chi connectivity index (χ1) is 8.59. The third kappa shape index (κ3) is 3.94. The van der Waals surface area contributed by atoms with E-state index in [0.29, 0.717) is 12.2 Å². The van der Waals surface area contributed by atoms with Crippen molar-refractivity contribution in [3.63, 3.8) is 0 Å². The van der Waals surface area contributed by atoms with E-state index in [9.17, 15) is 8.42 Å². The fraction of sp³-hybridized carbons (Fsp3) is 0.571. The van der Waals surface area contributed by atoms with Gasteiger partial charge in [0.2, 0.25) is 10.0 Å². The molecule has 0 saturated heterocycles. The van der Waals surface area contributed by atoms with E-state index in [2.05, 4.69) is 4.72 Å². The summed E-state index contributed by atoms with van der Waals surface area (Å²) in [6, 6.07) is 3.33. The molecule has 0 spiro atoms. The minimum Gasteiger partial charge on any atom is -0.398 e. The predicted molar refractivity (Wildman–Crippen MR) is 79.6 cm³/mol. The quantitative estimate of drug-likeness (QED) is 0.816. The Morgan fingerprint density at radius 1 is 1.21 bits per heavy atom. The smallest absolute Gasteiger partial charge is 0.242 e. The number of rotatable bonds is 5. The Hall–Kier alpha value is -1.07. The highest BCUT2D eigenvalue weighted by molar-refractivity contribution is 7.89. The maximum Gasteiger partial charge on any atom is 0.242 e. The Kier molecular flexibility index (Phi) is 4.63. The maximum atomic E-state index is 12.3. The number of benzene rings is 1. The number of hydrogen-bond acceptors (Lipinski definition) is 3. The Morgan fingerprint density at radius 2 is 1.74 bits per heavy atom. The number of nitrogen functional groups attached to an aromatic ring is 1. The van der Waals surface area contributed by atoms with Gasteiger partial charge in [0.1, 0.15) is 4.90 Å². The Balaban J connectivity index is 3.05. The molecule has 0 aliphatic carbocycles. The molecule has 19 heavy (non-hydrogen) atoms. The van der Waals surface area contributed by atoms with Crippen molar-refractivity contribution in [2.45, 2.75) is 45.9 Å². The Bertz CT molecular complexity index is 563. The SMILES string of the molecule is CCC(C)(C)CNS(=O)(=O)c1cc(C)c(C)cc1N. The maximum absolute atomic E-state index is 12.3. The molecule has 108 valence electrons. The Morgan fingerprint density at radius 3 is 2.26 bits per heavy atom. The number of nitrogens with two attached hydrogens (primary N) is 1. The summed E-state index contributed by atoms with van der Waals surface area (Å²) in [5.41, 5.74) is 7.97. The molecule has 0 amide bonds. The van der Waals surface area contributed by atoms with Crippen LogP contribution in [-0.2, 0) is 10.0 Å². The van der Waals surface area contributed by atoms with Crippen LogP contribution in [0, 0.1) is 19.3 Å². The molecule has 0 fully saturated rings. The average Bonchev–Trinajstić information content (AvgIpc) is 2.31. The van der Waals surface area contributed by atoms with Gasteiger partial charge in [-0.05, 0) is 48.9 Å². The molecule has 3 N–H and O–H groups in total. The van der Waals surface area contributed by atoms with Crippen LogP contribution >= 0.6 is 0 Å². The molecule has 0 unspecified atom stereocenters. The van der Waals surface area contributed by atoms with Crippen LogP contribution in [0.3, 0.4) is 0 Å². The number of sulfonamides is 1. The monoisotopic (exact) mass is 284 g/mol. The molecule has 4 nitrogen and oxygen atoms in total. The van der Waals surface area contributed by atoms with E-state index < -0.39 is 10.0 Å². The highest BCUT2D eigenvalue weighted by atomic mass is 32.2. The van der Waals surface area contributed by atoms with Gasteiger partial charge in [0.25, 0.3) is 0 Å². The van der Waals surface area contributed by atoms with Crippen molar-refractivity contribution in [2.75, 3.05) is 12.3 Å². The van der Waals surface area contributed by atoms with Crippen LogP contribution in [0.5, 0.6) is 0 Å². The van der Waals surface area contributed by atoms with Crippen LogP contribution < -0.4 is 10.5 Å². The topological polar surface area (TPSA) is 72.2 Å². The number of nitrogens with one attached hydrogen (secondary N) is 1. The first kappa shape index (κ1) is 16.0. The van der Waals surface area contributed by atoms with Crippen molar-refractivity contribution in [1.29, 1.82) is 0 Å². The summed E-state index contributed by atoms with van der Waals surface area (Å²) in [6.07, 6.45) is 0.901. The third-order valence-electron chi connectivity index (χ3n) is 3.61. The third-order valence-corrected chi connectivity index (χ3v) is 5.07. The molecule has 0 aromatic heterocycles. The van der Waals surface area contributed by atoms with Gasteiger partial charge in [0, 0.05) is 6.54 Å². The molecule has 0 heterocycles. The normalized spacial score (nSPS) is 12.7. The van der Waals surface area contributed by atoms with E-state index in [0.717, 1.165) is 17.5 Å². The molecule has 1 aromatic rings. The zero-order valence-electron chi connectivity index (χ0n) is 12.4. The van der Waals surface area contributed by atoms with Crippen LogP contribution in [0.2, 0.25) is 0 Å². The summed E-state index contributed by atoms with van der Waals surface area (Å²) < 4.78 is 27.2. The van der Waals surface area contributed by atoms with Gasteiger partial charge in [0.15, 0.2) is 0 Å². The van der Waals surface area contributed by atoms with Crippen molar-refractivity contribution in [3.05, 3.63) is 23.3 Å². The van der Waals surface area contributed by atoms with Crippen LogP contribution in [-0.4, -0.2) is 15.0 Å². The van der Waals surface area contributed by atoms with Crippen LogP contribution in [0.25, 0.3) is 0 Å². The molecule has 5 heteroatoms. The van der Waals surface area contributed by atoms with Crippen molar-refractivity contribution in [2.24, 2.45) is 5.41 Å². The lowest BCUT2D eigenvalue weighted by Crippen LogP contribution is -2.34. The van der Waals surface area contributed by atoms with E-state index in [1.54, 1.807) is 12.1 Å². The first-order valence-electron chi connectivity index (χ1n) is 6.45. The average molecular weight is 284 g/mol. The van der Waals surface area contributed by atoms with Gasteiger partial charge in [-0.1, -0.05) is 20.8 Å². The van der Waals surface area contributed by atoms with E-state index in [-0.39, 0.29) is 10.3 Å². The van der Waals surface area contributed by atoms with Gasteiger partial charge in [-0.2, -0.15) is 0 Å². The van der Waals surface area contributed by atoms with Crippen molar-refractivity contribution >= 4 is 15.7 Å². The summed E-state index contributed by atoms with van der Waals surface area (Å²) in [5, 5.41) is 0. The highest BCUT2D eigenvalue weighted by Gasteiger charge is 2.22. The fourth-order valence-corrected chi connectivity index (χ4v) is 2.98. The van der Waals surface area contributed by atoms with Crippen molar-refractivity contribution in [1.82, 2.24) is 4.72 Å². The first-order valence-corrected chi connectivity index (χ1v) is 7.94. The standard InChI is InChI=1S/C14H24N2O2S/c1-6-14(4,5)9-16-19(17,18)13-8-11(3)10(2)7-12(13)15/h7-8,16H,6,9,15H2,1-5H3. The van der Waals surface area contributed by atoms with Crippen molar-refractivity contribution in [3.8, 4) is 0 Å². The van der Waals surface area contributed by atoms with Crippen LogP contribution in [0.1, 0.15) is 38.3 Å². The van der Waals surface area contributed by atoms with Gasteiger partial charge in [-0.25, -0.2) is 13.1 Å². The van der Waals surface area contributed by atoms with Crippen molar-refractivity contribution < 1.29 is 8.42 Å². The lowest BCUT2D eigenvalue weighted by atomic mass is 9.91. The minimum atomic E-state index is -3.55. The summed E-state index contributed by atoms with van der Waals surface area (Å²) >= 11 is 0. The predicted octanol–water partition coefficient (Wildman–Crippen LogP) is 2.60. The minimum absolute atomic E-state index is 0.0679. The molecule has 0 aliphatic rings. The van der Waals surface area contributed by atoms with E-state index in [1.807, 2.05) is 34.6 Å². The van der Waals surface area contributed by atoms with Gasteiger partial charge in [-0.15, -0.1) is 0 Å². The second kappa shape index (κ2) is 5.51. The number of aryl methyl sites for hydroxylation is 2. The zero-order chi connectivity index (χ0) is 14.8. The molecule has 0 radical (unpaired) electrons. The molecule has 1 rings (SSSR count).